The number of amides is 1. The molecule has 0 aromatic heterocycles. The number of phenols is 1. The van der Waals surface area contributed by atoms with Gasteiger partial charge in [-0.15, -0.1) is 0 Å². The van der Waals surface area contributed by atoms with Crippen LogP contribution in [-0.2, 0) is 4.79 Å². The zero-order valence-electron chi connectivity index (χ0n) is 12.7. The quantitative estimate of drug-likeness (QED) is 0.518. The van der Waals surface area contributed by atoms with E-state index in [4.69, 9.17) is 0 Å². The summed E-state index contributed by atoms with van der Waals surface area (Å²) in [6, 6.07) is 6.50. The van der Waals surface area contributed by atoms with Crippen molar-refractivity contribution in [3.8, 4) is 5.75 Å². The molecule has 0 atom stereocenters. The molecule has 0 aliphatic carbocycles. The number of carbonyl (C=O) groups is 1. The number of aromatic hydroxyl groups is 1. The number of hydrogen-bond acceptors (Lipinski definition) is 5. The number of phenolic OH excluding ortho intramolecular Hbond substituents is 1. The van der Waals surface area contributed by atoms with Crippen LogP contribution in [0.15, 0.2) is 51.9 Å². The topological polar surface area (TPSA) is 65.3 Å². The molecule has 1 aliphatic rings. The lowest BCUT2D eigenvalue weighted by Gasteiger charge is -2.26. The molecule has 0 radical (unpaired) electrons. The second-order valence-electron chi connectivity index (χ2n) is 4.74. The van der Waals surface area contributed by atoms with Gasteiger partial charge in [-0.2, -0.15) is 4.40 Å². The summed E-state index contributed by atoms with van der Waals surface area (Å²) in [5.41, 5.74) is 1.91. The minimum absolute atomic E-state index is 0.160. The van der Waals surface area contributed by atoms with E-state index in [-0.39, 0.29) is 11.7 Å². The standard InChI is InChI=1S/C16H17N3O2S/c1-10-9-14(12-5-7-13(20)8-6-12)16(21)19(4)15(10)18-22-11(2)17-3/h5-9,20H,1H2,2-4H3/b17-11-,18-15?. The van der Waals surface area contributed by atoms with E-state index in [2.05, 4.69) is 16.0 Å². The summed E-state index contributed by atoms with van der Waals surface area (Å²) < 4.78 is 4.33. The first-order valence-electron chi connectivity index (χ1n) is 6.61. The van der Waals surface area contributed by atoms with Crippen LogP contribution in [0.2, 0.25) is 0 Å². The molecule has 1 amide bonds. The fourth-order valence-electron chi connectivity index (χ4n) is 1.91. The Balaban J connectivity index is 2.36. The molecule has 1 aromatic rings. The first-order valence-corrected chi connectivity index (χ1v) is 7.38. The van der Waals surface area contributed by atoms with Gasteiger partial charge in [-0.3, -0.25) is 14.7 Å². The fourth-order valence-corrected chi connectivity index (χ4v) is 2.45. The van der Waals surface area contributed by atoms with E-state index in [1.807, 2.05) is 6.92 Å². The molecule has 0 fully saturated rings. The maximum Gasteiger partial charge on any atom is 0.259 e. The number of amidine groups is 1. The number of carbonyl (C=O) groups excluding carboxylic acids is 1. The molecule has 22 heavy (non-hydrogen) atoms. The largest absolute Gasteiger partial charge is 0.508 e. The zero-order valence-corrected chi connectivity index (χ0v) is 13.5. The van der Waals surface area contributed by atoms with E-state index in [0.29, 0.717) is 17.0 Å². The molecule has 0 spiro atoms. The highest BCUT2D eigenvalue weighted by Crippen LogP contribution is 2.27. The van der Waals surface area contributed by atoms with E-state index in [9.17, 15) is 9.90 Å². The van der Waals surface area contributed by atoms with Gasteiger partial charge < -0.3 is 5.11 Å². The van der Waals surface area contributed by atoms with E-state index < -0.39 is 0 Å². The van der Waals surface area contributed by atoms with Crippen molar-refractivity contribution in [1.29, 1.82) is 0 Å². The third-order valence-electron chi connectivity index (χ3n) is 3.22. The van der Waals surface area contributed by atoms with Crippen LogP contribution in [0, 0.1) is 0 Å². The van der Waals surface area contributed by atoms with E-state index in [0.717, 1.165) is 10.6 Å². The molecule has 114 valence electrons. The lowest BCUT2D eigenvalue weighted by Crippen LogP contribution is -2.37. The molecule has 0 bridgehead atoms. The summed E-state index contributed by atoms with van der Waals surface area (Å²) >= 11 is 1.21. The molecule has 1 aromatic carbocycles. The van der Waals surface area contributed by atoms with Gasteiger partial charge in [0, 0.05) is 37.2 Å². The molecule has 5 nitrogen and oxygen atoms in total. The Morgan fingerprint density at radius 3 is 2.55 bits per heavy atom. The lowest BCUT2D eigenvalue weighted by atomic mass is 9.98. The summed E-state index contributed by atoms with van der Waals surface area (Å²) in [5, 5.41) is 10.1. The number of rotatable bonds is 2. The van der Waals surface area contributed by atoms with Crippen LogP contribution in [-0.4, -0.2) is 40.9 Å². The SMILES string of the molecule is C=C1C=C(c2ccc(O)cc2)C(=O)N(C)C1=NS/C(C)=N\C. The van der Waals surface area contributed by atoms with Gasteiger partial charge in [-0.1, -0.05) is 18.7 Å². The molecule has 0 saturated carbocycles. The van der Waals surface area contributed by atoms with Crippen molar-refractivity contribution < 1.29 is 9.90 Å². The van der Waals surface area contributed by atoms with E-state index in [1.54, 1.807) is 44.4 Å². The molecule has 6 heteroatoms. The van der Waals surface area contributed by atoms with Crippen molar-refractivity contribution in [3.05, 3.63) is 48.1 Å². The summed E-state index contributed by atoms with van der Waals surface area (Å²) in [5.74, 6) is 0.511. The second-order valence-corrected chi connectivity index (χ2v) is 5.70. The average molecular weight is 315 g/mol. The first-order chi connectivity index (χ1) is 10.4. The van der Waals surface area contributed by atoms with Gasteiger partial charge in [0.15, 0.2) is 0 Å². The van der Waals surface area contributed by atoms with Gasteiger partial charge in [-0.25, -0.2) is 0 Å². The van der Waals surface area contributed by atoms with Crippen molar-refractivity contribution in [2.75, 3.05) is 14.1 Å². The van der Waals surface area contributed by atoms with Crippen molar-refractivity contribution >= 4 is 34.3 Å². The Kier molecular flexibility index (Phi) is 4.82. The monoisotopic (exact) mass is 315 g/mol. The smallest absolute Gasteiger partial charge is 0.259 e. The number of aliphatic imine (C=N–C) groups is 1. The Bertz CT molecular complexity index is 703. The number of likely N-dealkylation sites (N-methyl/N-ethyl adjacent to an activating group) is 1. The average Bonchev–Trinajstić information content (AvgIpc) is 2.51. The molecule has 2 rings (SSSR count). The molecule has 0 saturated heterocycles. The highest BCUT2D eigenvalue weighted by molar-refractivity contribution is 8.12. The minimum atomic E-state index is -0.163. The number of benzene rings is 1. The normalized spacial score (nSPS) is 18.0. The highest BCUT2D eigenvalue weighted by atomic mass is 32.2. The molecule has 1 N–H and O–H groups in total. The van der Waals surface area contributed by atoms with Crippen LogP contribution < -0.4 is 0 Å². The predicted octanol–water partition coefficient (Wildman–Crippen LogP) is 2.90. The van der Waals surface area contributed by atoms with E-state index >= 15 is 0 Å². The van der Waals surface area contributed by atoms with Crippen molar-refractivity contribution in [2.45, 2.75) is 6.92 Å². The summed E-state index contributed by atoms with van der Waals surface area (Å²) in [6.45, 7) is 5.82. The predicted molar refractivity (Wildman–Crippen MR) is 92.1 cm³/mol. The van der Waals surface area contributed by atoms with Gasteiger partial charge in [0.25, 0.3) is 5.91 Å². The minimum Gasteiger partial charge on any atom is -0.508 e. The molecule has 1 aliphatic heterocycles. The van der Waals surface area contributed by atoms with Gasteiger partial charge >= 0.3 is 0 Å². The molecular formula is C16H17N3O2S. The van der Waals surface area contributed by atoms with E-state index in [1.165, 1.54) is 16.8 Å². The van der Waals surface area contributed by atoms with Gasteiger partial charge in [0.2, 0.25) is 0 Å². The number of hydrogen-bond donors (Lipinski definition) is 1. The van der Waals surface area contributed by atoms with Crippen LogP contribution in [0.4, 0.5) is 0 Å². The third-order valence-corrected chi connectivity index (χ3v) is 3.93. The highest BCUT2D eigenvalue weighted by Gasteiger charge is 2.27. The van der Waals surface area contributed by atoms with Crippen molar-refractivity contribution in [1.82, 2.24) is 4.90 Å². The van der Waals surface area contributed by atoms with Crippen LogP contribution in [0.25, 0.3) is 5.57 Å². The maximum absolute atomic E-state index is 12.5. The molecule has 1 heterocycles. The van der Waals surface area contributed by atoms with Crippen molar-refractivity contribution in [2.24, 2.45) is 9.39 Å². The second kappa shape index (κ2) is 6.62. The van der Waals surface area contributed by atoms with Gasteiger partial charge in [0.05, 0.1) is 5.04 Å². The fraction of sp³-hybridized carbons (Fsp3) is 0.188. The van der Waals surface area contributed by atoms with Crippen LogP contribution in [0.3, 0.4) is 0 Å². The van der Waals surface area contributed by atoms with Crippen LogP contribution >= 0.6 is 11.9 Å². The summed E-state index contributed by atoms with van der Waals surface area (Å²) in [6.07, 6.45) is 1.71. The maximum atomic E-state index is 12.5. The summed E-state index contributed by atoms with van der Waals surface area (Å²) in [4.78, 5) is 18.0. The first kappa shape index (κ1) is 16.0. The molecule has 0 unspecified atom stereocenters. The van der Waals surface area contributed by atoms with Gasteiger partial charge in [-0.05, 0) is 30.7 Å². The van der Waals surface area contributed by atoms with Crippen LogP contribution in [0.1, 0.15) is 12.5 Å². The van der Waals surface area contributed by atoms with Gasteiger partial charge in [0.1, 0.15) is 11.6 Å². The lowest BCUT2D eigenvalue weighted by molar-refractivity contribution is -0.120. The summed E-state index contributed by atoms with van der Waals surface area (Å²) in [7, 11) is 3.36. The Hall–Kier alpha value is -2.34. The Morgan fingerprint density at radius 2 is 1.95 bits per heavy atom. The van der Waals surface area contributed by atoms with Crippen LogP contribution in [0.5, 0.6) is 5.75 Å². The molecular weight excluding hydrogens is 298 g/mol. The van der Waals surface area contributed by atoms with Crippen molar-refractivity contribution in [3.63, 3.8) is 0 Å². The zero-order chi connectivity index (χ0) is 16.3. The third kappa shape index (κ3) is 3.28. The Labute approximate surface area is 133 Å². The number of nitrogens with zero attached hydrogens (tertiary/aromatic N) is 3. The Morgan fingerprint density at radius 1 is 1.32 bits per heavy atom.